The summed E-state index contributed by atoms with van der Waals surface area (Å²) in [6.45, 7) is 23.4. The van der Waals surface area contributed by atoms with Crippen LogP contribution in [0.2, 0.25) is 0 Å². The minimum absolute atomic E-state index is 0.0997. The molecule has 0 atom stereocenters. The van der Waals surface area contributed by atoms with Gasteiger partial charge in [0.15, 0.2) is 34.6 Å². The van der Waals surface area contributed by atoms with Crippen LogP contribution in [0.25, 0.3) is 44.9 Å². The highest BCUT2D eigenvalue weighted by molar-refractivity contribution is 6.01. The molecule has 5 rings (SSSR count). The zero-order valence-corrected chi connectivity index (χ0v) is 29.5. The highest BCUT2D eigenvalue weighted by Crippen LogP contribution is 2.44. The van der Waals surface area contributed by atoms with Gasteiger partial charge in [0, 0.05) is 22.3 Å². The molecule has 0 radical (unpaired) electrons. The molecule has 0 aromatic carbocycles. The van der Waals surface area contributed by atoms with Gasteiger partial charge >= 0.3 is 0 Å². The van der Waals surface area contributed by atoms with E-state index in [1.54, 1.807) is 0 Å². The summed E-state index contributed by atoms with van der Waals surface area (Å²) in [5, 5.41) is 41.9. The molecule has 5 heterocycles. The number of rotatable bonds is 0. The molecule has 0 fully saturated rings. The number of nitrogens with zero attached hydrogens (tertiary/aromatic N) is 10. The molecule has 0 amide bonds. The van der Waals surface area contributed by atoms with Crippen molar-refractivity contribution in [1.29, 1.82) is 21.0 Å². The second-order valence-electron chi connectivity index (χ2n) is 16.1. The number of nitriles is 4. The van der Waals surface area contributed by atoms with Crippen LogP contribution in [0.1, 0.15) is 129 Å². The molecule has 0 saturated carbocycles. The lowest BCUT2D eigenvalue weighted by atomic mass is 9.83. The van der Waals surface area contributed by atoms with Crippen molar-refractivity contribution in [3.63, 3.8) is 0 Å². The van der Waals surface area contributed by atoms with E-state index in [0.717, 1.165) is 0 Å². The van der Waals surface area contributed by atoms with Crippen molar-refractivity contribution >= 4 is 44.9 Å². The third-order valence-electron chi connectivity index (χ3n) is 8.06. The van der Waals surface area contributed by atoms with Gasteiger partial charge in [-0.05, 0) is 21.7 Å². The van der Waals surface area contributed by atoms with E-state index in [-0.39, 0.29) is 56.9 Å². The van der Waals surface area contributed by atoms with Gasteiger partial charge in [0.05, 0.1) is 0 Å². The van der Waals surface area contributed by atoms with Gasteiger partial charge < -0.3 is 9.97 Å². The first-order valence-electron chi connectivity index (χ1n) is 15.6. The van der Waals surface area contributed by atoms with Crippen LogP contribution in [0.3, 0.4) is 0 Å². The average molecular weight is 639 g/mol. The maximum atomic E-state index is 10.5. The van der Waals surface area contributed by atoms with Gasteiger partial charge in [-0.1, -0.05) is 83.1 Å². The van der Waals surface area contributed by atoms with E-state index in [9.17, 15) is 21.0 Å². The van der Waals surface area contributed by atoms with Crippen molar-refractivity contribution in [2.75, 3.05) is 0 Å². The number of H-pyrrole nitrogens is 2. The summed E-state index contributed by atoms with van der Waals surface area (Å²) in [5.74, 6) is 0.642. The number of aromatic amines is 2. The van der Waals surface area contributed by atoms with Crippen LogP contribution < -0.4 is 0 Å². The fraction of sp³-hybridized carbons (Fsp3) is 0.444. The Morgan fingerprint density at radius 3 is 1.08 bits per heavy atom. The van der Waals surface area contributed by atoms with Crippen molar-refractivity contribution in [3.8, 4) is 24.3 Å². The fourth-order valence-corrected chi connectivity index (χ4v) is 6.21. The second kappa shape index (κ2) is 10.9. The van der Waals surface area contributed by atoms with Gasteiger partial charge in [0.25, 0.3) is 0 Å². The average Bonchev–Trinajstić information content (AvgIpc) is 3.67. The summed E-state index contributed by atoms with van der Waals surface area (Å²) in [6, 6.07) is 9.19. The molecule has 12 nitrogen and oxygen atoms in total. The maximum Gasteiger partial charge on any atom is 0.175 e. The lowest BCUT2D eigenvalue weighted by Crippen LogP contribution is -2.13. The number of fused-ring (bicyclic) bond motifs is 8. The van der Waals surface area contributed by atoms with Gasteiger partial charge in [-0.3, -0.25) is 0 Å². The van der Waals surface area contributed by atoms with Crippen molar-refractivity contribution < 1.29 is 0 Å². The Kier molecular flexibility index (Phi) is 7.66. The number of nitrogens with one attached hydrogen (secondary N) is 2. The molecule has 0 aliphatic carbocycles. The van der Waals surface area contributed by atoms with Gasteiger partial charge in [-0.25, -0.2) is 29.9 Å². The Morgan fingerprint density at radius 1 is 0.396 bits per heavy atom. The van der Waals surface area contributed by atoms with E-state index < -0.39 is 21.7 Å². The van der Waals surface area contributed by atoms with Crippen LogP contribution in [-0.4, -0.2) is 39.9 Å². The lowest BCUT2D eigenvalue weighted by molar-refractivity contribution is 0.565. The minimum Gasteiger partial charge on any atom is -0.323 e. The zero-order valence-electron chi connectivity index (χ0n) is 29.5. The van der Waals surface area contributed by atoms with E-state index in [4.69, 9.17) is 29.9 Å². The Labute approximate surface area is 280 Å². The molecule has 2 N–H and O–H groups in total. The van der Waals surface area contributed by atoms with E-state index >= 15 is 0 Å². The Bertz CT molecular complexity index is 2310. The SMILES string of the molecule is CC(C)(C)C1=C(C#N)c2nc1nc1nc(nc3[nH]c(nc4[nH]c(n2)c(C(C)(C)C)c4C#N)c(C(C)(C)C)c3C#N)C(C(C)(C)C)=C1C#N. The van der Waals surface area contributed by atoms with Crippen molar-refractivity contribution in [3.05, 3.63) is 45.6 Å². The van der Waals surface area contributed by atoms with Gasteiger partial charge in [-0.15, -0.1) is 0 Å². The first-order chi connectivity index (χ1) is 22.1. The molecule has 0 unspecified atom stereocenters. The van der Waals surface area contributed by atoms with Gasteiger partial charge in [0.1, 0.15) is 57.8 Å². The molecule has 2 aliphatic rings. The van der Waals surface area contributed by atoms with Crippen LogP contribution in [-0.2, 0) is 10.8 Å². The summed E-state index contributed by atoms with van der Waals surface area (Å²) in [5.41, 5.74) is 2.05. The van der Waals surface area contributed by atoms with Crippen molar-refractivity contribution in [2.45, 2.75) is 93.9 Å². The highest BCUT2D eigenvalue weighted by Gasteiger charge is 2.36. The van der Waals surface area contributed by atoms with Gasteiger partial charge in [-0.2, -0.15) is 21.0 Å². The predicted octanol–water partition coefficient (Wildman–Crippen LogP) is 7.19. The van der Waals surface area contributed by atoms with Crippen LogP contribution in [0.5, 0.6) is 0 Å². The smallest absolute Gasteiger partial charge is 0.175 e. The monoisotopic (exact) mass is 638 g/mol. The van der Waals surface area contributed by atoms with Crippen LogP contribution >= 0.6 is 0 Å². The van der Waals surface area contributed by atoms with E-state index in [2.05, 4.69) is 34.2 Å². The van der Waals surface area contributed by atoms with E-state index in [0.29, 0.717) is 33.6 Å². The highest BCUT2D eigenvalue weighted by atomic mass is 15.1. The van der Waals surface area contributed by atoms with Gasteiger partial charge in [0.2, 0.25) is 0 Å². The number of hydrogen-bond donors (Lipinski definition) is 2. The minimum atomic E-state index is -0.598. The summed E-state index contributed by atoms with van der Waals surface area (Å²) in [7, 11) is 0. The zero-order chi connectivity index (χ0) is 35.7. The third-order valence-corrected chi connectivity index (χ3v) is 8.06. The fourth-order valence-electron chi connectivity index (χ4n) is 6.21. The Balaban J connectivity index is 2.18. The Morgan fingerprint density at radius 2 is 0.729 bits per heavy atom. The number of aromatic nitrogens is 8. The molecule has 242 valence electrons. The lowest BCUT2D eigenvalue weighted by Gasteiger charge is -2.20. The number of allylic oxidation sites excluding steroid dienone is 4. The molecule has 8 bridgehead atoms. The standard InChI is InChI=1S/C36H38N12/c1-33(2,3)21-17(13-37)25-41-29(21)45-26-18(14-38)22(34(4,5)6)31(42-26)47-28-20(16-40)24(36(10,11)12)32(44-28)48-27-19(15-39)23(35(7,8)9)30(43-27)46-25/h1-12H3,(H2,41,42,43,44,45,46,47,48). The normalized spacial score (nSPS) is 14.0. The van der Waals surface area contributed by atoms with Crippen molar-refractivity contribution in [2.24, 2.45) is 10.8 Å². The Hall–Kier alpha value is -5.72. The van der Waals surface area contributed by atoms with E-state index in [1.165, 1.54) is 0 Å². The quantitative estimate of drug-likeness (QED) is 0.253. The molecular formula is C36H38N12. The first-order valence-corrected chi connectivity index (χ1v) is 15.6. The second-order valence-corrected chi connectivity index (χ2v) is 16.1. The molecule has 3 aromatic heterocycles. The summed E-state index contributed by atoms with van der Waals surface area (Å²) >= 11 is 0. The van der Waals surface area contributed by atoms with Crippen LogP contribution in [0.15, 0.2) is 0 Å². The molecule has 12 heteroatoms. The number of hydrogen-bond acceptors (Lipinski definition) is 10. The van der Waals surface area contributed by atoms with E-state index in [1.807, 2.05) is 83.1 Å². The van der Waals surface area contributed by atoms with Crippen molar-refractivity contribution in [1.82, 2.24) is 39.9 Å². The molecule has 48 heavy (non-hydrogen) atoms. The molecule has 0 saturated heterocycles. The maximum absolute atomic E-state index is 10.5. The first kappa shape index (κ1) is 33.6. The third kappa shape index (κ3) is 5.50. The molecule has 3 aromatic rings. The molecule has 0 spiro atoms. The van der Waals surface area contributed by atoms with Crippen LogP contribution in [0, 0.1) is 56.2 Å². The molecular weight excluding hydrogens is 600 g/mol. The topological polar surface area (TPSA) is 204 Å². The summed E-state index contributed by atoms with van der Waals surface area (Å²) in [4.78, 5) is 35.5. The molecule has 2 aliphatic heterocycles. The summed E-state index contributed by atoms with van der Waals surface area (Å²) in [6.07, 6.45) is 0. The van der Waals surface area contributed by atoms with Crippen LogP contribution in [0.4, 0.5) is 0 Å². The largest absolute Gasteiger partial charge is 0.323 e. The predicted molar refractivity (Wildman–Crippen MR) is 183 cm³/mol. The summed E-state index contributed by atoms with van der Waals surface area (Å²) < 4.78 is 0.